The van der Waals surface area contributed by atoms with Gasteiger partial charge in [0, 0.05) is 26.3 Å². The van der Waals surface area contributed by atoms with E-state index in [4.69, 9.17) is 23.7 Å². The summed E-state index contributed by atoms with van der Waals surface area (Å²) >= 11 is 0. The second-order valence-electron chi connectivity index (χ2n) is 4.38. The van der Waals surface area contributed by atoms with Crippen molar-refractivity contribution in [3.05, 3.63) is 0 Å². The zero-order valence-corrected chi connectivity index (χ0v) is 11.7. The van der Waals surface area contributed by atoms with Crippen LogP contribution in [0.5, 0.6) is 0 Å². The highest BCUT2D eigenvalue weighted by Gasteiger charge is 2.47. The Morgan fingerprint density at radius 3 is 1.68 bits per heavy atom. The summed E-state index contributed by atoms with van der Waals surface area (Å²) in [6.45, 7) is 8.25. The van der Waals surface area contributed by atoms with E-state index in [-0.39, 0.29) is 0 Å². The maximum atomic E-state index is 5.97. The molecule has 2 atom stereocenters. The molecule has 2 heterocycles. The lowest BCUT2D eigenvalue weighted by molar-refractivity contribution is -0.504. The first kappa shape index (κ1) is 15.1. The van der Waals surface area contributed by atoms with Gasteiger partial charge >= 0.3 is 11.9 Å². The molecule has 19 heavy (non-hydrogen) atoms. The summed E-state index contributed by atoms with van der Waals surface area (Å²) < 4.78 is 28.6. The molecule has 0 spiro atoms. The van der Waals surface area contributed by atoms with Gasteiger partial charge in [0.05, 0.1) is 26.3 Å². The summed E-state index contributed by atoms with van der Waals surface area (Å²) in [7, 11) is 0. The van der Waals surface area contributed by atoms with Gasteiger partial charge in [0.15, 0.2) is 0 Å². The average Bonchev–Trinajstić information content (AvgIpc) is 2.41. The molecule has 2 aliphatic heterocycles. The number of morpholine rings is 2. The lowest BCUT2D eigenvalue weighted by atomic mass is 10.4. The predicted molar refractivity (Wildman–Crippen MR) is 67.4 cm³/mol. The third-order valence-electron chi connectivity index (χ3n) is 2.92. The molecule has 2 unspecified atom stereocenters. The summed E-state index contributed by atoms with van der Waals surface area (Å²) in [6, 6.07) is 0. The van der Waals surface area contributed by atoms with Gasteiger partial charge in [-0.2, -0.15) is 0 Å². The predicted octanol–water partition coefficient (Wildman–Crippen LogP) is -0.377. The van der Waals surface area contributed by atoms with E-state index in [2.05, 4.69) is 10.6 Å². The summed E-state index contributed by atoms with van der Waals surface area (Å²) in [5, 5.41) is 6.41. The average molecular weight is 276 g/mol. The third kappa shape index (κ3) is 3.85. The lowest BCUT2D eigenvalue weighted by Crippen LogP contribution is -2.63. The van der Waals surface area contributed by atoms with E-state index in [1.165, 1.54) is 0 Å². The van der Waals surface area contributed by atoms with E-state index >= 15 is 0 Å². The Balaban J connectivity index is 2.07. The molecule has 7 nitrogen and oxygen atoms in total. The molecule has 112 valence electrons. The molecular weight excluding hydrogens is 252 g/mol. The molecule has 0 amide bonds. The van der Waals surface area contributed by atoms with E-state index in [1.54, 1.807) is 0 Å². The maximum Gasteiger partial charge on any atom is 0.300 e. The lowest BCUT2D eigenvalue weighted by Gasteiger charge is -2.44. The highest BCUT2D eigenvalue weighted by Crippen LogP contribution is 2.28. The first-order valence-corrected chi connectivity index (χ1v) is 6.91. The largest absolute Gasteiger partial charge is 0.327 e. The van der Waals surface area contributed by atoms with E-state index in [1.807, 2.05) is 13.8 Å². The number of hydrogen-bond donors (Lipinski definition) is 2. The molecular formula is C12H24N2O5. The van der Waals surface area contributed by atoms with Crippen LogP contribution in [0.1, 0.15) is 13.8 Å². The number of hydrogen-bond acceptors (Lipinski definition) is 7. The quantitative estimate of drug-likeness (QED) is 0.641. The van der Waals surface area contributed by atoms with Gasteiger partial charge in [0.1, 0.15) is 0 Å². The topological polar surface area (TPSA) is 70.2 Å². The standard InChI is InChI=1S/C12H24N2O5/c1-3-15-11(9-13-5-7-17-11)19-12(16-4-2)10-14-6-8-18-12/h13-14H,3-10H2,1-2H3. The van der Waals surface area contributed by atoms with Crippen molar-refractivity contribution < 1.29 is 23.7 Å². The smallest absolute Gasteiger partial charge is 0.300 e. The Kier molecular flexibility index (Phi) is 5.52. The summed E-state index contributed by atoms with van der Waals surface area (Å²) in [4.78, 5) is 0. The Morgan fingerprint density at radius 2 is 1.37 bits per heavy atom. The monoisotopic (exact) mass is 276 g/mol. The molecule has 2 saturated heterocycles. The van der Waals surface area contributed by atoms with Gasteiger partial charge < -0.3 is 29.6 Å². The molecule has 2 fully saturated rings. The zero-order valence-electron chi connectivity index (χ0n) is 11.7. The maximum absolute atomic E-state index is 5.97. The molecule has 0 radical (unpaired) electrons. The molecule has 2 N–H and O–H groups in total. The van der Waals surface area contributed by atoms with E-state index in [9.17, 15) is 0 Å². The minimum absolute atomic E-state index is 0.443. The van der Waals surface area contributed by atoms with Gasteiger partial charge in [-0.05, 0) is 13.8 Å². The van der Waals surface area contributed by atoms with Crippen LogP contribution in [-0.2, 0) is 23.7 Å². The number of rotatable bonds is 6. The van der Waals surface area contributed by atoms with Gasteiger partial charge in [-0.25, -0.2) is 0 Å². The van der Waals surface area contributed by atoms with Crippen LogP contribution >= 0.6 is 0 Å². The van der Waals surface area contributed by atoms with Crippen molar-refractivity contribution in [1.29, 1.82) is 0 Å². The van der Waals surface area contributed by atoms with Crippen molar-refractivity contribution in [3.8, 4) is 0 Å². The van der Waals surface area contributed by atoms with Crippen molar-refractivity contribution >= 4 is 0 Å². The first-order valence-electron chi connectivity index (χ1n) is 6.91. The first-order chi connectivity index (χ1) is 9.24. The molecule has 0 aromatic rings. The van der Waals surface area contributed by atoms with Crippen LogP contribution in [0.3, 0.4) is 0 Å². The fourth-order valence-electron chi connectivity index (χ4n) is 2.19. The van der Waals surface area contributed by atoms with Crippen LogP contribution in [0.15, 0.2) is 0 Å². The Morgan fingerprint density at radius 1 is 0.895 bits per heavy atom. The van der Waals surface area contributed by atoms with Crippen molar-refractivity contribution in [2.45, 2.75) is 25.8 Å². The van der Waals surface area contributed by atoms with Crippen molar-refractivity contribution in [1.82, 2.24) is 10.6 Å². The van der Waals surface area contributed by atoms with Crippen molar-refractivity contribution in [2.24, 2.45) is 0 Å². The van der Waals surface area contributed by atoms with Crippen molar-refractivity contribution in [3.63, 3.8) is 0 Å². The summed E-state index contributed by atoms with van der Waals surface area (Å²) in [5.41, 5.74) is 0. The fourth-order valence-corrected chi connectivity index (χ4v) is 2.19. The van der Waals surface area contributed by atoms with Gasteiger partial charge in [0.25, 0.3) is 0 Å². The van der Waals surface area contributed by atoms with Gasteiger partial charge in [-0.15, -0.1) is 0 Å². The molecule has 2 aliphatic rings. The van der Waals surface area contributed by atoms with Crippen LogP contribution in [0.25, 0.3) is 0 Å². The third-order valence-corrected chi connectivity index (χ3v) is 2.92. The molecule has 0 bridgehead atoms. The normalized spacial score (nSPS) is 36.3. The van der Waals surface area contributed by atoms with Crippen molar-refractivity contribution in [2.75, 3.05) is 52.6 Å². The minimum atomic E-state index is -1.15. The van der Waals surface area contributed by atoms with E-state index in [0.717, 1.165) is 13.1 Å². The minimum Gasteiger partial charge on any atom is -0.327 e. The molecule has 0 aliphatic carbocycles. The van der Waals surface area contributed by atoms with Gasteiger partial charge in [-0.1, -0.05) is 0 Å². The van der Waals surface area contributed by atoms with E-state index in [0.29, 0.717) is 39.5 Å². The van der Waals surface area contributed by atoms with E-state index < -0.39 is 11.9 Å². The second-order valence-corrected chi connectivity index (χ2v) is 4.38. The fraction of sp³-hybridized carbons (Fsp3) is 1.00. The molecule has 2 rings (SSSR count). The highest BCUT2D eigenvalue weighted by atomic mass is 17.0. The SMILES string of the molecule is CCOC1(OC2(OCC)CNCCO2)CNCCO1. The van der Waals surface area contributed by atoms with Gasteiger partial charge in [-0.3, -0.25) is 4.74 Å². The Labute approximate surface area is 113 Å². The van der Waals surface area contributed by atoms with Gasteiger partial charge in [0.2, 0.25) is 0 Å². The molecule has 7 heteroatoms. The molecule has 0 aromatic heterocycles. The summed E-state index contributed by atoms with van der Waals surface area (Å²) in [6.07, 6.45) is 0. The van der Waals surface area contributed by atoms with Crippen LogP contribution in [0.4, 0.5) is 0 Å². The number of nitrogens with one attached hydrogen (secondary N) is 2. The Bertz CT molecular complexity index is 228. The molecule has 0 saturated carbocycles. The highest BCUT2D eigenvalue weighted by molar-refractivity contribution is 4.75. The Hall–Kier alpha value is -0.280. The van der Waals surface area contributed by atoms with Crippen LogP contribution in [0.2, 0.25) is 0 Å². The van der Waals surface area contributed by atoms with Crippen LogP contribution < -0.4 is 10.6 Å². The zero-order chi connectivity index (χ0) is 13.6. The number of ether oxygens (including phenoxy) is 5. The molecule has 0 aromatic carbocycles. The summed E-state index contributed by atoms with van der Waals surface area (Å²) in [5.74, 6) is -2.30. The van der Waals surface area contributed by atoms with Crippen LogP contribution in [0, 0.1) is 0 Å². The van der Waals surface area contributed by atoms with Crippen LogP contribution in [-0.4, -0.2) is 64.6 Å². The second kappa shape index (κ2) is 6.94.